The van der Waals surface area contributed by atoms with E-state index in [2.05, 4.69) is 0 Å². The highest BCUT2D eigenvalue weighted by Gasteiger charge is 2.31. The molecule has 2 aromatic rings. The van der Waals surface area contributed by atoms with E-state index < -0.39 is 17.6 Å². The molecular weight excluding hydrogens is 344 g/mol. The van der Waals surface area contributed by atoms with Crippen molar-refractivity contribution in [2.24, 2.45) is 0 Å². The third-order valence-electron chi connectivity index (χ3n) is 3.66. The fourth-order valence-corrected chi connectivity index (χ4v) is 2.81. The molecule has 0 unspecified atom stereocenters. The first-order valence-electron chi connectivity index (χ1n) is 7.14. The minimum Gasteiger partial charge on any atom is -0.348 e. The number of alkyl halides is 3. The number of para-hydroxylation sites is 1. The third-order valence-corrected chi connectivity index (χ3v) is 3.88. The number of anilines is 2. The molecule has 0 saturated heterocycles. The van der Waals surface area contributed by atoms with Crippen LogP contribution in [-0.2, 0) is 6.18 Å². The van der Waals surface area contributed by atoms with Gasteiger partial charge >= 0.3 is 6.18 Å². The van der Waals surface area contributed by atoms with Crippen LogP contribution in [0.25, 0.3) is 0 Å². The molecule has 0 saturated carbocycles. The first-order chi connectivity index (χ1) is 11.3. The van der Waals surface area contributed by atoms with Gasteiger partial charge < -0.3 is 9.80 Å². The van der Waals surface area contributed by atoms with Crippen LogP contribution in [0.5, 0.6) is 0 Å². The molecule has 1 aliphatic heterocycles. The Morgan fingerprint density at radius 2 is 1.75 bits per heavy atom. The molecule has 0 bridgehead atoms. The molecule has 0 aliphatic carbocycles. The second-order valence-corrected chi connectivity index (χ2v) is 5.87. The zero-order valence-electron chi connectivity index (χ0n) is 12.4. The summed E-state index contributed by atoms with van der Waals surface area (Å²) in [5.41, 5.74) is -0.0483. The minimum absolute atomic E-state index is 0.193. The first kappa shape index (κ1) is 16.6. The van der Waals surface area contributed by atoms with Gasteiger partial charge in [0.05, 0.1) is 29.5 Å². The molecule has 2 nitrogen and oxygen atoms in total. The van der Waals surface area contributed by atoms with Gasteiger partial charge in [0.1, 0.15) is 5.82 Å². The highest BCUT2D eigenvalue weighted by atomic mass is 35.5. The van der Waals surface area contributed by atoms with Crippen molar-refractivity contribution in [1.82, 2.24) is 0 Å². The molecule has 0 fully saturated rings. The molecule has 0 radical (unpaired) electrons. The fraction of sp³-hybridized carbons (Fsp3) is 0.176. The average Bonchev–Trinajstić information content (AvgIpc) is 2.54. The Balaban J connectivity index is 1.91. The normalized spacial score (nSPS) is 15.5. The molecule has 24 heavy (non-hydrogen) atoms. The number of hydrogen-bond acceptors (Lipinski definition) is 2. The maximum absolute atomic E-state index is 14.0. The predicted octanol–water partition coefficient (Wildman–Crippen LogP) is 5.21. The smallest absolute Gasteiger partial charge is 0.348 e. The third kappa shape index (κ3) is 3.48. The Morgan fingerprint density at radius 3 is 2.46 bits per heavy atom. The molecule has 3 rings (SSSR count). The lowest BCUT2D eigenvalue weighted by Crippen LogP contribution is -2.40. The maximum Gasteiger partial charge on any atom is 0.416 e. The summed E-state index contributed by atoms with van der Waals surface area (Å²) in [5, 5.41) is 0.405. The summed E-state index contributed by atoms with van der Waals surface area (Å²) < 4.78 is 52.6. The SMILES string of the molecule is Fc1ccccc1N1C=C(Cl)CN(c2cccc(C(F)(F)F)c2)C1. The standard InChI is InChI=1S/C17H13ClF4N2/c18-13-9-23(14-5-3-4-12(8-14)17(20,21)22)11-24(10-13)16-7-2-1-6-15(16)19/h1-8,10H,9,11H2. The molecule has 0 atom stereocenters. The van der Waals surface area contributed by atoms with E-state index in [-0.39, 0.29) is 13.2 Å². The Labute approximate surface area is 141 Å². The lowest BCUT2D eigenvalue weighted by atomic mass is 10.1. The van der Waals surface area contributed by atoms with Crippen molar-refractivity contribution in [3.63, 3.8) is 0 Å². The zero-order chi connectivity index (χ0) is 17.3. The van der Waals surface area contributed by atoms with Gasteiger partial charge in [-0.2, -0.15) is 13.2 Å². The molecule has 1 aliphatic rings. The van der Waals surface area contributed by atoms with Gasteiger partial charge in [0, 0.05) is 11.9 Å². The molecule has 0 amide bonds. The van der Waals surface area contributed by atoms with E-state index in [0.29, 0.717) is 16.4 Å². The Kier molecular flexibility index (Phi) is 4.41. The molecular formula is C17H13ClF4N2. The van der Waals surface area contributed by atoms with E-state index in [9.17, 15) is 17.6 Å². The zero-order valence-corrected chi connectivity index (χ0v) is 13.2. The number of halogens is 5. The fourth-order valence-electron chi connectivity index (χ4n) is 2.55. The Morgan fingerprint density at radius 1 is 1.00 bits per heavy atom. The van der Waals surface area contributed by atoms with Crippen molar-refractivity contribution < 1.29 is 17.6 Å². The van der Waals surface area contributed by atoms with E-state index in [1.54, 1.807) is 40.3 Å². The quantitative estimate of drug-likeness (QED) is 0.682. The van der Waals surface area contributed by atoms with Gasteiger partial charge in [-0.25, -0.2) is 4.39 Å². The number of benzene rings is 2. The van der Waals surface area contributed by atoms with Crippen LogP contribution < -0.4 is 9.80 Å². The summed E-state index contributed by atoms with van der Waals surface area (Å²) in [6, 6.07) is 11.2. The van der Waals surface area contributed by atoms with Gasteiger partial charge in [0.2, 0.25) is 0 Å². The van der Waals surface area contributed by atoms with Crippen LogP contribution in [0.4, 0.5) is 28.9 Å². The summed E-state index contributed by atoms with van der Waals surface area (Å²) >= 11 is 6.12. The van der Waals surface area contributed by atoms with Gasteiger partial charge in [-0.05, 0) is 30.3 Å². The molecule has 0 N–H and O–H groups in total. The summed E-state index contributed by atoms with van der Waals surface area (Å²) in [5.74, 6) is -0.427. The lowest BCUT2D eigenvalue weighted by Gasteiger charge is -2.35. The van der Waals surface area contributed by atoms with E-state index in [0.717, 1.165) is 12.1 Å². The van der Waals surface area contributed by atoms with E-state index in [4.69, 9.17) is 11.6 Å². The van der Waals surface area contributed by atoms with Crippen molar-refractivity contribution in [1.29, 1.82) is 0 Å². The van der Waals surface area contributed by atoms with E-state index >= 15 is 0 Å². The summed E-state index contributed by atoms with van der Waals surface area (Å²) in [7, 11) is 0. The molecule has 2 aromatic carbocycles. The molecule has 7 heteroatoms. The minimum atomic E-state index is -4.42. The van der Waals surface area contributed by atoms with Crippen molar-refractivity contribution in [3.05, 3.63) is 71.1 Å². The largest absolute Gasteiger partial charge is 0.416 e. The monoisotopic (exact) mass is 356 g/mol. The van der Waals surface area contributed by atoms with Gasteiger partial charge in [-0.1, -0.05) is 29.8 Å². The number of hydrogen-bond donors (Lipinski definition) is 0. The number of rotatable bonds is 2. The van der Waals surface area contributed by atoms with Gasteiger partial charge in [-0.15, -0.1) is 0 Å². The van der Waals surface area contributed by atoms with Crippen LogP contribution in [0.15, 0.2) is 59.8 Å². The van der Waals surface area contributed by atoms with Crippen LogP contribution >= 0.6 is 11.6 Å². The van der Waals surface area contributed by atoms with Gasteiger partial charge in [0.25, 0.3) is 0 Å². The van der Waals surface area contributed by atoms with Crippen molar-refractivity contribution in [2.75, 3.05) is 23.0 Å². The van der Waals surface area contributed by atoms with Crippen molar-refractivity contribution in [3.8, 4) is 0 Å². The van der Waals surface area contributed by atoms with Crippen LogP contribution in [0.1, 0.15) is 5.56 Å². The Hall–Kier alpha value is -2.21. The van der Waals surface area contributed by atoms with Crippen LogP contribution in [0, 0.1) is 5.82 Å². The number of nitrogens with zero attached hydrogens (tertiary/aromatic N) is 2. The predicted molar refractivity (Wildman–Crippen MR) is 86.5 cm³/mol. The van der Waals surface area contributed by atoms with Gasteiger partial charge in [-0.3, -0.25) is 0 Å². The maximum atomic E-state index is 14.0. The first-order valence-corrected chi connectivity index (χ1v) is 7.52. The lowest BCUT2D eigenvalue weighted by molar-refractivity contribution is -0.137. The molecule has 0 aromatic heterocycles. The Bertz CT molecular complexity index is 773. The molecule has 0 spiro atoms. The topological polar surface area (TPSA) is 6.48 Å². The summed E-state index contributed by atoms with van der Waals surface area (Å²) in [4.78, 5) is 3.23. The average molecular weight is 357 g/mol. The van der Waals surface area contributed by atoms with E-state index in [1.165, 1.54) is 12.1 Å². The second kappa shape index (κ2) is 6.36. The van der Waals surface area contributed by atoms with E-state index in [1.807, 2.05) is 0 Å². The second-order valence-electron chi connectivity index (χ2n) is 5.38. The highest BCUT2D eigenvalue weighted by Crippen LogP contribution is 2.33. The summed E-state index contributed by atoms with van der Waals surface area (Å²) in [6.45, 7) is 0.451. The molecule has 1 heterocycles. The van der Waals surface area contributed by atoms with Crippen LogP contribution in [0.3, 0.4) is 0 Å². The van der Waals surface area contributed by atoms with Crippen molar-refractivity contribution in [2.45, 2.75) is 6.18 Å². The van der Waals surface area contributed by atoms with Crippen LogP contribution in [0.2, 0.25) is 0 Å². The molecule has 126 valence electrons. The summed E-state index contributed by atoms with van der Waals surface area (Å²) in [6.07, 6.45) is -2.83. The van der Waals surface area contributed by atoms with Crippen molar-refractivity contribution >= 4 is 23.0 Å². The van der Waals surface area contributed by atoms with Gasteiger partial charge in [0.15, 0.2) is 0 Å². The van der Waals surface area contributed by atoms with Crippen LogP contribution in [-0.4, -0.2) is 13.2 Å². The highest BCUT2D eigenvalue weighted by molar-refractivity contribution is 6.30.